The van der Waals surface area contributed by atoms with Crippen molar-refractivity contribution < 1.29 is 4.79 Å². The smallest absolute Gasteiger partial charge is 0.244 e. The van der Waals surface area contributed by atoms with E-state index in [9.17, 15) is 4.79 Å². The molecule has 4 heterocycles. The lowest BCUT2D eigenvalue weighted by molar-refractivity contribution is -0.132. The first-order valence-electron chi connectivity index (χ1n) is 8.40. The number of hydrogen-bond donors (Lipinski definition) is 0. The molecule has 0 radical (unpaired) electrons. The van der Waals surface area contributed by atoms with Crippen LogP contribution in [0.25, 0.3) is 5.82 Å². The Hall–Kier alpha value is -3.30. The van der Waals surface area contributed by atoms with Crippen molar-refractivity contribution in [1.82, 2.24) is 39.6 Å². The lowest BCUT2D eigenvalue weighted by Gasteiger charge is -2.35. The molecule has 1 amide bonds. The van der Waals surface area contributed by atoms with Crippen LogP contribution in [0.1, 0.15) is 5.69 Å². The van der Waals surface area contributed by atoms with Gasteiger partial charge >= 0.3 is 0 Å². The van der Waals surface area contributed by atoms with Gasteiger partial charge in [-0.25, -0.2) is 14.3 Å². The normalized spacial score (nSPS) is 14.7. The maximum atomic E-state index is 12.3. The zero-order valence-electron chi connectivity index (χ0n) is 14.4. The van der Waals surface area contributed by atoms with Crippen molar-refractivity contribution in [2.45, 2.75) is 13.5 Å². The van der Waals surface area contributed by atoms with E-state index in [2.05, 4.69) is 30.3 Å². The first-order chi connectivity index (χ1) is 12.7. The van der Waals surface area contributed by atoms with Crippen molar-refractivity contribution in [3.8, 4) is 5.82 Å². The van der Waals surface area contributed by atoms with Crippen LogP contribution in [-0.2, 0) is 11.3 Å². The van der Waals surface area contributed by atoms with Crippen molar-refractivity contribution in [2.75, 3.05) is 31.1 Å². The molecule has 134 valence electrons. The second-order valence-corrected chi connectivity index (χ2v) is 6.11. The first-order valence-corrected chi connectivity index (χ1v) is 8.40. The molecule has 1 fully saturated rings. The van der Waals surface area contributed by atoms with Crippen LogP contribution in [0, 0.1) is 6.92 Å². The van der Waals surface area contributed by atoms with Crippen LogP contribution in [-0.4, -0.2) is 71.7 Å². The fourth-order valence-electron chi connectivity index (χ4n) is 2.89. The second-order valence-electron chi connectivity index (χ2n) is 6.11. The summed E-state index contributed by atoms with van der Waals surface area (Å²) in [6, 6.07) is 5.76. The maximum Gasteiger partial charge on any atom is 0.244 e. The van der Waals surface area contributed by atoms with Gasteiger partial charge < -0.3 is 9.80 Å². The summed E-state index contributed by atoms with van der Waals surface area (Å²) in [4.78, 5) is 20.1. The summed E-state index contributed by atoms with van der Waals surface area (Å²) in [5.41, 5.74) is 0.933. The van der Waals surface area contributed by atoms with Crippen molar-refractivity contribution in [3.05, 3.63) is 42.7 Å². The van der Waals surface area contributed by atoms with Gasteiger partial charge in [0, 0.05) is 32.4 Å². The first kappa shape index (κ1) is 16.2. The van der Waals surface area contributed by atoms with Crippen molar-refractivity contribution in [3.63, 3.8) is 0 Å². The van der Waals surface area contributed by atoms with Crippen molar-refractivity contribution >= 4 is 11.7 Å². The van der Waals surface area contributed by atoms with E-state index in [1.165, 1.54) is 11.0 Å². The minimum atomic E-state index is 0.0469. The van der Waals surface area contributed by atoms with Gasteiger partial charge in [0.1, 0.15) is 19.2 Å². The van der Waals surface area contributed by atoms with Gasteiger partial charge in [0.2, 0.25) is 5.91 Å². The van der Waals surface area contributed by atoms with Crippen molar-refractivity contribution in [1.29, 1.82) is 0 Å². The molecule has 0 bridgehead atoms. The van der Waals surface area contributed by atoms with Crippen LogP contribution in [0.15, 0.2) is 37.1 Å². The van der Waals surface area contributed by atoms with Gasteiger partial charge in [-0.1, -0.05) is 0 Å². The topological polar surface area (TPSA) is 97.9 Å². The van der Waals surface area contributed by atoms with Gasteiger partial charge in [-0.15, -0.1) is 10.2 Å². The number of nitrogens with zero attached hydrogens (tertiary/aromatic N) is 9. The number of carbonyl (C=O) groups excluding carboxylic acids is 1. The molecule has 4 rings (SSSR count). The monoisotopic (exact) mass is 353 g/mol. The molecular weight excluding hydrogens is 334 g/mol. The van der Waals surface area contributed by atoms with Gasteiger partial charge in [0.25, 0.3) is 0 Å². The third-order valence-corrected chi connectivity index (χ3v) is 4.31. The summed E-state index contributed by atoms with van der Waals surface area (Å²) in [5, 5.41) is 16.9. The molecule has 3 aromatic heterocycles. The number of aryl methyl sites for hydroxylation is 1. The van der Waals surface area contributed by atoms with E-state index in [1.807, 2.05) is 36.2 Å². The summed E-state index contributed by atoms with van der Waals surface area (Å²) in [6.45, 7) is 4.89. The lowest BCUT2D eigenvalue weighted by Crippen LogP contribution is -2.50. The van der Waals surface area contributed by atoms with Crippen LogP contribution in [0.3, 0.4) is 0 Å². The zero-order chi connectivity index (χ0) is 17.9. The molecule has 1 aliphatic rings. The van der Waals surface area contributed by atoms with Crippen LogP contribution in [0.5, 0.6) is 0 Å². The minimum absolute atomic E-state index is 0.0469. The number of hydrogen-bond acceptors (Lipinski definition) is 7. The highest BCUT2D eigenvalue weighted by atomic mass is 16.2. The number of carbonyl (C=O) groups is 1. The fraction of sp³-hybridized carbons (Fsp3) is 0.375. The Balaban J connectivity index is 1.35. The number of piperazine rings is 1. The largest absolute Gasteiger partial charge is 0.352 e. The van der Waals surface area contributed by atoms with E-state index in [4.69, 9.17) is 0 Å². The number of rotatable bonds is 4. The minimum Gasteiger partial charge on any atom is -0.352 e. The summed E-state index contributed by atoms with van der Waals surface area (Å²) in [5.74, 6) is 1.54. The third-order valence-electron chi connectivity index (χ3n) is 4.31. The Morgan fingerprint density at radius 1 is 1.08 bits per heavy atom. The Bertz CT molecular complexity index is 864. The second kappa shape index (κ2) is 6.90. The molecule has 0 spiro atoms. The van der Waals surface area contributed by atoms with Gasteiger partial charge in [-0.2, -0.15) is 10.2 Å². The molecular formula is C16H19N9O. The lowest BCUT2D eigenvalue weighted by atomic mass is 10.3. The SMILES string of the molecule is Cc1ccn(-c2ccc(N3CCN(C(=O)Cn4cncn4)CC3)nn2)n1. The Morgan fingerprint density at radius 3 is 2.46 bits per heavy atom. The molecule has 26 heavy (non-hydrogen) atoms. The van der Waals surface area contributed by atoms with E-state index >= 15 is 0 Å². The fourth-order valence-corrected chi connectivity index (χ4v) is 2.89. The summed E-state index contributed by atoms with van der Waals surface area (Å²) >= 11 is 0. The van der Waals surface area contributed by atoms with Crippen LogP contribution >= 0.6 is 0 Å². The van der Waals surface area contributed by atoms with Gasteiger partial charge in [-0.05, 0) is 25.1 Å². The summed E-state index contributed by atoms with van der Waals surface area (Å²) in [7, 11) is 0. The van der Waals surface area contributed by atoms with E-state index in [-0.39, 0.29) is 12.5 Å². The standard InChI is InChI=1S/C16H19N9O/c1-13-4-5-25(21-13)15-3-2-14(19-20-15)22-6-8-23(9-7-22)16(26)10-24-12-17-11-18-24/h2-5,11-12H,6-10H2,1H3. The van der Waals surface area contributed by atoms with Gasteiger partial charge in [-0.3, -0.25) is 4.79 Å². The molecule has 0 aliphatic carbocycles. The van der Waals surface area contributed by atoms with Crippen molar-refractivity contribution in [2.24, 2.45) is 0 Å². The van der Waals surface area contributed by atoms with E-state index < -0.39 is 0 Å². The van der Waals surface area contributed by atoms with E-state index in [1.54, 1.807) is 11.0 Å². The zero-order valence-corrected chi connectivity index (χ0v) is 14.4. The Labute approximate surface area is 150 Å². The molecule has 1 saturated heterocycles. The third kappa shape index (κ3) is 3.39. The molecule has 10 heteroatoms. The molecule has 0 saturated carbocycles. The van der Waals surface area contributed by atoms with Crippen LogP contribution in [0.2, 0.25) is 0 Å². The van der Waals surface area contributed by atoms with Crippen LogP contribution in [0.4, 0.5) is 5.82 Å². The quantitative estimate of drug-likeness (QED) is 0.646. The number of aromatic nitrogens is 7. The average molecular weight is 353 g/mol. The molecule has 0 unspecified atom stereocenters. The maximum absolute atomic E-state index is 12.3. The predicted molar refractivity (Wildman–Crippen MR) is 92.7 cm³/mol. The highest BCUT2D eigenvalue weighted by Gasteiger charge is 2.22. The molecule has 10 nitrogen and oxygen atoms in total. The molecule has 0 aromatic carbocycles. The van der Waals surface area contributed by atoms with Crippen LogP contribution < -0.4 is 4.90 Å². The Morgan fingerprint density at radius 2 is 1.85 bits per heavy atom. The molecule has 1 aliphatic heterocycles. The Kier molecular flexibility index (Phi) is 4.30. The number of amides is 1. The van der Waals surface area contributed by atoms with E-state index in [0.29, 0.717) is 18.9 Å². The highest BCUT2D eigenvalue weighted by molar-refractivity contribution is 5.76. The van der Waals surface area contributed by atoms with Gasteiger partial charge in [0.15, 0.2) is 11.6 Å². The highest BCUT2D eigenvalue weighted by Crippen LogP contribution is 2.14. The average Bonchev–Trinajstić information content (AvgIpc) is 3.34. The molecule has 0 N–H and O–H groups in total. The summed E-state index contributed by atoms with van der Waals surface area (Å²) < 4.78 is 3.24. The molecule has 0 atom stereocenters. The van der Waals surface area contributed by atoms with E-state index in [0.717, 1.165) is 24.6 Å². The molecule has 3 aromatic rings. The van der Waals surface area contributed by atoms with Gasteiger partial charge in [0.05, 0.1) is 5.69 Å². The predicted octanol–water partition coefficient (Wildman–Crippen LogP) is -0.0890. The number of anilines is 1. The summed E-state index contributed by atoms with van der Waals surface area (Å²) in [6.07, 6.45) is 4.84.